The number of hydrogen-bond donors (Lipinski definition) is 2. The van der Waals surface area contributed by atoms with Crippen LogP contribution in [0.3, 0.4) is 0 Å². The van der Waals surface area contributed by atoms with Gasteiger partial charge in [-0.2, -0.15) is 0 Å². The smallest absolute Gasteiger partial charge is 0.338 e. The summed E-state index contributed by atoms with van der Waals surface area (Å²) < 4.78 is 0. The van der Waals surface area contributed by atoms with Crippen molar-refractivity contribution in [2.24, 2.45) is 0 Å². The van der Waals surface area contributed by atoms with Crippen LogP contribution in [0.4, 0.5) is 5.82 Å². The summed E-state index contributed by atoms with van der Waals surface area (Å²) in [6.45, 7) is 1.81. The van der Waals surface area contributed by atoms with Crippen molar-refractivity contribution in [3.05, 3.63) is 55.1 Å². The first kappa shape index (κ1) is 17.8. The number of nitrogens with zero attached hydrogens (tertiary/aromatic N) is 1. The van der Waals surface area contributed by atoms with Crippen molar-refractivity contribution >= 4 is 64.1 Å². The Bertz CT molecular complexity index is 824. The van der Waals surface area contributed by atoms with Gasteiger partial charge in [-0.3, -0.25) is 4.79 Å². The van der Waals surface area contributed by atoms with Gasteiger partial charge in [-0.25, -0.2) is 9.78 Å². The molecule has 2 aromatic rings. The Morgan fingerprint density at radius 2 is 1.61 bits per heavy atom. The monoisotopic (exact) mass is 392 g/mol. The average Bonchev–Trinajstić information content (AvgIpc) is 2.48. The lowest BCUT2D eigenvalue weighted by Gasteiger charge is -2.13. The third-order valence-electron chi connectivity index (χ3n) is 2.87. The Hall–Kier alpha value is -1.53. The summed E-state index contributed by atoms with van der Waals surface area (Å²) in [6.07, 6.45) is 1.49. The second-order valence-corrected chi connectivity index (χ2v) is 6.00. The molecule has 0 fully saturated rings. The van der Waals surface area contributed by atoms with E-state index >= 15 is 0 Å². The van der Waals surface area contributed by atoms with Crippen molar-refractivity contribution in [1.82, 2.24) is 4.98 Å². The van der Waals surface area contributed by atoms with Crippen LogP contribution in [0.25, 0.3) is 0 Å². The molecule has 9 heteroatoms. The highest BCUT2D eigenvalue weighted by Gasteiger charge is 2.29. The summed E-state index contributed by atoms with van der Waals surface area (Å²) in [5.41, 5.74) is -0.0647. The predicted molar refractivity (Wildman–Crippen MR) is 90.4 cm³/mol. The number of nitrogens with one attached hydrogen (secondary N) is 1. The molecule has 1 aromatic heterocycles. The van der Waals surface area contributed by atoms with E-state index in [1.807, 2.05) is 6.92 Å². The van der Waals surface area contributed by atoms with Crippen molar-refractivity contribution < 1.29 is 14.7 Å². The standard InChI is InChI=1S/C14H8Cl4N2O3/c1-5-2-3-19-6(4-5)20-13(21)7-8(14(22)23)10(16)12(18)11(17)9(7)15/h2-4H,1H3,(H,22,23)(H,19,20,21). The van der Waals surface area contributed by atoms with E-state index in [9.17, 15) is 14.7 Å². The number of carboxylic acids is 1. The van der Waals surface area contributed by atoms with Crippen LogP contribution in [0.15, 0.2) is 18.3 Å². The number of benzene rings is 1. The molecular formula is C14H8Cl4N2O3. The molecule has 0 atom stereocenters. The first-order valence-electron chi connectivity index (χ1n) is 6.07. The van der Waals surface area contributed by atoms with Crippen molar-refractivity contribution in [3.8, 4) is 0 Å². The molecule has 0 aliphatic heterocycles. The lowest BCUT2D eigenvalue weighted by molar-refractivity contribution is 0.0692. The summed E-state index contributed by atoms with van der Waals surface area (Å²) in [4.78, 5) is 27.8. The van der Waals surface area contributed by atoms with Gasteiger partial charge in [-0.05, 0) is 24.6 Å². The minimum absolute atomic E-state index is 0.203. The summed E-state index contributed by atoms with van der Waals surface area (Å²) in [5.74, 6) is -2.05. The van der Waals surface area contributed by atoms with Crippen LogP contribution in [-0.4, -0.2) is 22.0 Å². The zero-order chi connectivity index (χ0) is 17.3. The highest BCUT2D eigenvalue weighted by atomic mass is 35.5. The number of rotatable bonds is 3. The molecule has 1 amide bonds. The number of aromatic nitrogens is 1. The maximum absolute atomic E-state index is 12.4. The van der Waals surface area contributed by atoms with E-state index in [4.69, 9.17) is 46.4 Å². The maximum Gasteiger partial charge on any atom is 0.338 e. The number of carboxylic acid groups (broad SMARTS) is 1. The lowest BCUT2D eigenvalue weighted by Crippen LogP contribution is -2.18. The Balaban J connectivity index is 2.58. The van der Waals surface area contributed by atoms with Gasteiger partial charge in [0, 0.05) is 6.20 Å². The molecule has 1 heterocycles. The SMILES string of the molecule is Cc1ccnc(NC(=O)c2c(Cl)c(Cl)c(Cl)c(Cl)c2C(=O)O)c1. The lowest BCUT2D eigenvalue weighted by atomic mass is 10.1. The highest BCUT2D eigenvalue weighted by Crippen LogP contribution is 2.41. The minimum Gasteiger partial charge on any atom is -0.478 e. The van der Waals surface area contributed by atoms with E-state index in [0.717, 1.165) is 5.56 Å². The van der Waals surface area contributed by atoms with Crippen LogP contribution >= 0.6 is 46.4 Å². The normalized spacial score (nSPS) is 10.5. The first-order valence-corrected chi connectivity index (χ1v) is 7.58. The molecule has 0 unspecified atom stereocenters. The van der Waals surface area contributed by atoms with E-state index in [1.165, 1.54) is 6.20 Å². The number of halogens is 4. The molecule has 0 spiro atoms. The molecule has 0 bridgehead atoms. The topological polar surface area (TPSA) is 79.3 Å². The first-order chi connectivity index (χ1) is 10.7. The van der Waals surface area contributed by atoms with Crippen LogP contribution in [0.2, 0.25) is 20.1 Å². The molecule has 23 heavy (non-hydrogen) atoms. The van der Waals surface area contributed by atoms with Gasteiger partial charge in [0.25, 0.3) is 5.91 Å². The molecule has 1 aromatic carbocycles. The van der Waals surface area contributed by atoms with Crippen LogP contribution in [0, 0.1) is 6.92 Å². The molecule has 120 valence electrons. The van der Waals surface area contributed by atoms with E-state index in [0.29, 0.717) is 0 Å². The number of pyridine rings is 1. The predicted octanol–water partition coefficient (Wildman–Crippen LogP) is 4.95. The number of aromatic carboxylic acids is 1. The van der Waals surface area contributed by atoms with Gasteiger partial charge < -0.3 is 10.4 Å². The van der Waals surface area contributed by atoms with Gasteiger partial charge in [-0.15, -0.1) is 0 Å². The molecule has 0 radical (unpaired) electrons. The Morgan fingerprint density at radius 3 is 2.13 bits per heavy atom. The fourth-order valence-electron chi connectivity index (χ4n) is 1.83. The van der Waals surface area contributed by atoms with Gasteiger partial charge in [0.15, 0.2) is 0 Å². The molecule has 0 saturated carbocycles. The van der Waals surface area contributed by atoms with E-state index in [2.05, 4.69) is 10.3 Å². The van der Waals surface area contributed by atoms with Crippen LogP contribution in [0.1, 0.15) is 26.3 Å². The van der Waals surface area contributed by atoms with Gasteiger partial charge in [0.05, 0.1) is 31.2 Å². The molecule has 0 saturated heterocycles. The molecule has 2 rings (SSSR count). The van der Waals surface area contributed by atoms with E-state index in [1.54, 1.807) is 12.1 Å². The number of anilines is 1. The summed E-state index contributed by atoms with van der Waals surface area (Å²) in [5, 5.41) is 10.7. The fraction of sp³-hybridized carbons (Fsp3) is 0.0714. The number of carbonyl (C=O) groups excluding carboxylic acids is 1. The third kappa shape index (κ3) is 3.53. The average molecular weight is 394 g/mol. The van der Waals surface area contributed by atoms with Crippen LogP contribution < -0.4 is 5.32 Å². The number of aryl methyl sites for hydroxylation is 1. The van der Waals surface area contributed by atoms with Crippen molar-refractivity contribution in [2.75, 3.05) is 5.32 Å². The highest BCUT2D eigenvalue weighted by molar-refractivity contribution is 6.54. The van der Waals surface area contributed by atoms with E-state index in [-0.39, 0.29) is 31.5 Å². The van der Waals surface area contributed by atoms with Crippen LogP contribution in [0.5, 0.6) is 0 Å². The van der Waals surface area contributed by atoms with Gasteiger partial charge in [0.2, 0.25) is 0 Å². The fourth-order valence-corrected chi connectivity index (χ4v) is 2.85. The van der Waals surface area contributed by atoms with Crippen molar-refractivity contribution in [2.45, 2.75) is 6.92 Å². The number of amides is 1. The maximum atomic E-state index is 12.4. The molecule has 5 nitrogen and oxygen atoms in total. The Kier molecular flexibility index (Phi) is 5.37. The van der Waals surface area contributed by atoms with Crippen molar-refractivity contribution in [1.29, 1.82) is 0 Å². The van der Waals surface area contributed by atoms with Gasteiger partial charge in [0.1, 0.15) is 5.82 Å². The number of hydrogen-bond acceptors (Lipinski definition) is 3. The quantitative estimate of drug-likeness (QED) is 0.570. The second-order valence-electron chi connectivity index (χ2n) is 4.48. The van der Waals surface area contributed by atoms with Gasteiger partial charge in [-0.1, -0.05) is 46.4 Å². The molecular weight excluding hydrogens is 386 g/mol. The van der Waals surface area contributed by atoms with Gasteiger partial charge >= 0.3 is 5.97 Å². The van der Waals surface area contributed by atoms with Crippen molar-refractivity contribution in [3.63, 3.8) is 0 Å². The minimum atomic E-state index is -1.46. The third-order valence-corrected chi connectivity index (χ3v) is 4.67. The summed E-state index contributed by atoms with van der Waals surface area (Å²) >= 11 is 23.6. The van der Waals surface area contributed by atoms with Crippen LogP contribution in [-0.2, 0) is 0 Å². The zero-order valence-electron chi connectivity index (χ0n) is 11.5. The summed E-state index contributed by atoms with van der Waals surface area (Å²) in [6, 6.07) is 3.34. The number of carbonyl (C=O) groups is 2. The second kappa shape index (κ2) is 6.93. The Labute approximate surface area is 151 Å². The molecule has 0 aliphatic carbocycles. The van der Waals surface area contributed by atoms with E-state index < -0.39 is 17.4 Å². The zero-order valence-corrected chi connectivity index (χ0v) is 14.5. The molecule has 2 N–H and O–H groups in total. The largest absolute Gasteiger partial charge is 0.478 e. The Morgan fingerprint density at radius 1 is 1.04 bits per heavy atom. The summed E-state index contributed by atoms with van der Waals surface area (Å²) in [7, 11) is 0. The molecule has 0 aliphatic rings.